The number of halogens is 2. The Kier molecular flexibility index (Phi) is 6.70. The predicted molar refractivity (Wildman–Crippen MR) is 142 cm³/mol. The Morgan fingerprint density at radius 3 is 1.63 bits per heavy atom. The van der Waals surface area contributed by atoms with Crippen molar-refractivity contribution in [3.8, 4) is 0 Å². The van der Waals surface area contributed by atoms with Crippen LogP contribution in [0.5, 0.6) is 0 Å². The van der Waals surface area contributed by atoms with Crippen molar-refractivity contribution in [2.75, 3.05) is 0 Å². The maximum atomic E-state index is 10.4. The van der Waals surface area contributed by atoms with Crippen LogP contribution in [-0.4, -0.2) is 22.2 Å². The van der Waals surface area contributed by atoms with E-state index in [0.29, 0.717) is 21.1 Å². The van der Waals surface area contributed by atoms with E-state index in [2.05, 4.69) is 41.8 Å². The zero-order valence-corrected chi connectivity index (χ0v) is 20.2. The summed E-state index contributed by atoms with van der Waals surface area (Å²) in [5.74, 6) is 0. The fraction of sp³-hybridized carbons (Fsp3) is 0.0714. The molecule has 174 valence electrons. The summed E-state index contributed by atoms with van der Waals surface area (Å²) in [6, 6.07) is 35.1. The second-order valence-electron chi connectivity index (χ2n) is 8.41. The molecule has 1 heterocycles. The molecule has 4 aromatic rings. The summed E-state index contributed by atoms with van der Waals surface area (Å²) in [6.07, 6.45) is 1.77. The monoisotopic (exact) mass is 500 g/mol. The first-order valence-corrected chi connectivity index (χ1v) is 12.0. The van der Waals surface area contributed by atoms with E-state index < -0.39 is 18.7 Å². The molecular weight excluding hydrogens is 478 g/mol. The molecular formula is C28H23BCl2N2O2. The number of hydrogen-bond acceptors (Lipinski definition) is 4. The quantitative estimate of drug-likeness (QED) is 0.233. The lowest BCUT2D eigenvalue weighted by atomic mass is 9.74. The van der Waals surface area contributed by atoms with Crippen molar-refractivity contribution in [3.63, 3.8) is 0 Å². The maximum Gasteiger partial charge on any atom is 0.487 e. The summed E-state index contributed by atoms with van der Waals surface area (Å²) < 4.78 is 0. The molecule has 0 aromatic heterocycles. The van der Waals surface area contributed by atoms with Crippen LogP contribution in [0.1, 0.15) is 28.3 Å². The second kappa shape index (κ2) is 9.90. The van der Waals surface area contributed by atoms with Gasteiger partial charge in [-0.05, 0) is 34.4 Å². The van der Waals surface area contributed by atoms with Gasteiger partial charge >= 0.3 is 7.12 Å². The molecule has 7 heteroatoms. The molecule has 1 aliphatic heterocycles. The number of rotatable bonds is 6. The van der Waals surface area contributed by atoms with Gasteiger partial charge in [0.2, 0.25) is 0 Å². The van der Waals surface area contributed by atoms with Crippen molar-refractivity contribution in [1.82, 2.24) is 10.4 Å². The molecule has 0 spiro atoms. The Morgan fingerprint density at radius 1 is 0.714 bits per heavy atom. The van der Waals surface area contributed by atoms with E-state index in [4.69, 9.17) is 23.2 Å². The number of hydrogen-bond donors (Lipinski definition) is 3. The van der Waals surface area contributed by atoms with Crippen molar-refractivity contribution in [2.45, 2.75) is 11.6 Å². The molecule has 1 aliphatic rings. The minimum atomic E-state index is -1.69. The minimum absolute atomic E-state index is 0.376. The molecule has 0 aliphatic carbocycles. The van der Waals surface area contributed by atoms with Crippen LogP contribution in [0.25, 0.3) is 0 Å². The molecule has 3 N–H and O–H groups in total. The van der Waals surface area contributed by atoms with Gasteiger partial charge in [0.15, 0.2) is 0 Å². The summed E-state index contributed by atoms with van der Waals surface area (Å²) in [5, 5.41) is 23.7. The third kappa shape index (κ3) is 4.27. The van der Waals surface area contributed by atoms with E-state index in [1.807, 2.05) is 59.6 Å². The highest BCUT2D eigenvalue weighted by Crippen LogP contribution is 2.46. The third-order valence-electron chi connectivity index (χ3n) is 6.39. The van der Waals surface area contributed by atoms with E-state index >= 15 is 0 Å². The first-order valence-electron chi connectivity index (χ1n) is 11.3. The third-order valence-corrected chi connectivity index (χ3v) is 6.95. The Morgan fingerprint density at radius 2 is 1.20 bits per heavy atom. The van der Waals surface area contributed by atoms with E-state index in [0.717, 1.165) is 16.7 Å². The number of nitrogens with zero attached hydrogens (tertiary/aromatic N) is 1. The minimum Gasteiger partial charge on any atom is -0.423 e. The fourth-order valence-corrected chi connectivity index (χ4v) is 5.34. The van der Waals surface area contributed by atoms with Gasteiger partial charge in [-0.25, -0.2) is 5.43 Å². The smallest absolute Gasteiger partial charge is 0.423 e. The van der Waals surface area contributed by atoms with E-state index in [9.17, 15) is 10.0 Å². The van der Waals surface area contributed by atoms with Crippen molar-refractivity contribution in [2.24, 2.45) is 0 Å². The first kappa shape index (κ1) is 23.7. The van der Waals surface area contributed by atoms with Crippen LogP contribution >= 0.6 is 23.2 Å². The van der Waals surface area contributed by atoms with Gasteiger partial charge in [-0.2, -0.15) is 0 Å². The standard InChI is InChI=1S/C28H23BCl2N2O2/c30-23-16-17-24(26(31)18-23)27-25(29(34)35)19-33(32-27)28(20-10-4-1-5-11-20,21-12-6-2-7-13-21)22-14-8-3-9-15-22/h1-19,27,32,34-35H. The second-order valence-corrected chi connectivity index (χ2v) is 9.25. The van der Waals surface area contributed by atoms with Crippen LogP contribution < -0.4 is 5.43 Å². The topological polar surface area (TPSA) is 55.7 Å². The van der Waals surface area contributed by atoms with Crippen molar-refractivity contribution < 1.29 is 10.0 Å². The zero-order valence-electron chi connectivity index (χ0n) is 18.7. The summed E-state index contributed by atoms with van der Waals surface area (Å²) >= 11 is 12.7. The summed E-state index contributed by atoms with van der Waals surface area (Å²) in [7, 11) is -1.69. The van der Waals surface area contributed by atoms with Crippen LogP contribution in [0.4, 0.5) is 0 Å². The molecule has 4 nitrogen and oxygen atoms in total. The van der Waals surface area contributed by atoms with Crippen LogP contribution in [0.15, 0.2) is 121 Å². The molecule has 0 saturated heterocycles. The predicted octanol–water partition coefficient (Wildman–Crippen LogP) is 5.74. The zero-order chi connectivity index (χ0) is 24.4. The Labute approximate surface area is 215 Å². The normalized spacial score (nSPS) is 15.7. The molecule has 5 rings (SSSR count). The SMILES string of the molecule is OB(O)C1=CN(C(c2ccccc2)(c2ccccc2)c2ccccc2)NC1c1ccc(Cl)cc1Cl. The van der Waals surface area contributed by atoms with Gasteiger partial charge in [0.05, 0.1) is 6.04 Å². The average molecular weight is 501 g/mol. The van der Waals surface area contributed by atoms with Crippen molar-refractivity contribution in [3.05, 3.63) is 153 Å². The molecule has 0 amide bonds. The molecule has 4 aromatic carbocycles. The lowest BCUT2D eigenvalue weighted by Crippen LogP contribution is -2.50. The molecule has 1 unspecified atom stereocenters. The Bertz CT molecular complexity index is 1240. The summed E-state index contributed by atoms with van der Waals surface area (Å²) in [4.78, 5) is 0. The molecule has 35 heavy (non-hydrogen) atoms. The van der Waals surface area contributed by atoms with Gasteiger partial charge in [-0.15, -0.1) is 0 Å². The van der Waals surface area contributed by atoms with Crippen LogP contribution in [0, 0.1) is 0 Å². The van der Waals surface area contributed by atoms with Gasteiger partial charge in [0.25, 0.3) is 0 Å². The van der Waals surface area contributed by atoms with E-state index in [-0.39, 0.29) is 0 Å². The number of hydrazine groups is 1. The van der Waals surface area contributed by atoms with Gasteiger partial charge < -0.3 is 10.0 Å². The largest absolute Gasteiger partial charge is 0.487 e. The molecule has 1 atom stereocenters. The van der Waals surface area contributed by atoms with Crippen LogP contribution in [0.2, 0.25) is 10.0 Å². The average Bonchev–Trinajstić information content (AvgIpc) is 3.32. The van der Waals surface area contributed by atoms with Crippen molar-refractivity contribution >= 4 is 30.3 Å². The van der Waals surface area contributed by atoms with Gasteiger partial charge in [-0.3, -0.25) is 5.01 Å². The maximum absolute atomic E-state index is 10.4. The van der Waals surface area contributed by atoms with Crippen LogP contribution in [0.3, 0.4) is 0 Å². The Hall–Kier alpha value is -3.06. The van der Waals surface area contributed by atoms with Crippen LogP contribution in [-0.2, 0) is 5.54 Å². The van der Waals surface area contributed by atoms with Gasteiger partial charge in [0.1, 0.15) is 5.54 Å². The summed E-state index contributed by atoms with van der Waals surface area (Å²) in [6.45, 7) is 0. The lowest BCUT2D eigenvalue weighted by molar-refractivity contribution is 0.161. The lowest BCUT2D eigenvalue weighted by Gasteiger charge is -2.44. The molecule has 0 saturated carbocycles. The highest BCUT2D eigenvalue weighted by atomic mass is 35.5. The molecule has 0 bridgehead atoms. The first-order chi connectivity index (χ1) is 17.0. The van der Waals surface area contributed by atoms with Gasteiger partial charge in [-0.1, -0.05) is 120 Å². The molecule has 0 fully saturated rings. The highest BCUT2D eigenvalue weighted by Gasteiger charge is 2.46. The van der Waals surface area contributed by atoms with Gasteiger partial charge in [0, 0.05) is 21.7 Å². The number of nitrogens with one attached hydrogen (secondary N) is 1. The highest BCUT2D eigenvalue weighted by molar-refractivity contribution is 6.51. The Balaban J connectivity index is 1.76. The van der Waals surface area contributed by atoms with E-state index in [1.165, 1.54) is 0 Å². The molecule has 0 radical (unpaired) electrons. The summed E-state index contributed by atoms with van der Waals surface area (Å²) in [5.41, 5.74) is 6.81. The van der Waals surface area contributed by atoms with E-state index in [1.54, 1.807) is 24.4 Å². The fourth-order valence-electron chi connectivity index (χ4n) is 4.82. The number of benzene rings is 4. The van der Waals surface area contributed by atoms with Crippen molar-refractivity contribution in [1.29, 1.82) is 0 Å².